The van der Waals surface area contributed by atoms with Gasteiger partial charge in [0.25, 0.3) is 0 Å². The summed E-state index contributed by atoms with van der Waals surface area (Å²) < 4.78 is 0. The van der Waals surface area contributed by atoms with Gasteiger partial charge < -0.3 is 16.4 Å². The molecule has 0 aromatic heterocycles. The van der Waals surface area contributed by atoms with Crippen molar-refractivity contribution in [2.24, 2.45) is 10.7 Å². The fraction of sp³-hybridized carbons (Fsp3) is 0.778. The Balaban J connectivity index is 3.61. The van der Waals surface area contributed by atoms with E-state index in [-0.39, 0.29) is 12.5 Å². The molecule has 0 aliphatic heterocycles. The molecule has 0 radical (unpaired) electrons. The standard InChI is InChI=1S/C9H20N4O/c1-3-5-11-8(14)7-13-9(10)12-6-4-2/h3-7H2,1-2H3,(H,11,14)(H3,10,12,13). The van der Waals surface area contributed by atoms with E-state index < -0.39 is 0 Å². The van der Waals surface area contributed by atoms with Crippen LogP contribution in [-0.2, 0) is 4.79 Å². The van der Waals surface area contributed by atoms with E-state index in [9.17, 15) is 4.79 Å². The fourth-order valence-electron chi connectivity index (χ4n) is 0.786. The van der Waals surface area contributed by atoms with E-state index in [1.54, 1.807) is 0 Å². The molecule has 0 unspecified atom stereocenters. The van der Waals surface area contributed by atoms with Gasteiger partial charge in [-0.25, -0.2) is 4.99 Å². The number of hydrogen-bond acceptors (Lipinski definition) is 2. The molecule has 0 aliphatic carbocycles. The van der Waals surface area contributed by atoms with Crippen molar-refractivity contribution in [2.45, 2.75) is 26.7 Å². The molecule has 0 spiro atoms. The number of carbonyl (C=O) groups excluding carboxylic acids is 1. The van der Waals surface area contributed by atoms with Crippen molar-refractivity contribution >= 4 is 11.9 Å². The molecule has 0 heterocycles. The summed E-state index contributed by atoms with van der Waals surface area (Å²) in [5.41, 5.74) is 5.50. The van der Waals surface area contributed by atoms with Crippen molar-refractivity contribution in [1.82, 2.24) is 10.6 Å². The maximum Gasteiger partial charge on any atom is 0.241 e. The molecular weight excluding hydrogens is 180 g/mol. The van der Waals surface area contributed by atoms with Crippen molar-refractivity contribution in [2.75, 3.05) is 19.6 Å². The minimum absolute atomic E-state index is 0.0897. The maximum atomic E-state index is 11.1. The molecule has 0 atom stereocenters. The topological polar surface area (TPSA) is 79.5 Å². The fourth-order valence-corrected chi connectivity index (χ4v) is 0.786. The summed E-state index contributed by atoms with van der Waals surface area (Å²) in [6.07, 6.45) is 1.91. The smallest absolute Gasteiger partial charge is 0.241 e. The van der Waals surface area contributed by atoms with Crippen LogP contribution in [0.5, 0.6) is 0 Å². The Bertz CT molecular complexity index is 191. The number of guanidine groups is 1. The van der Waals surface area contributed by atoms with Gasteiger partial charge in [0.2, 0.25) is 5.91 Å². The van der Waals surface area contributed by atoms with Gasteiger partial charge in [0.15, 0.2) is 5.96 Å². The Morgan fingerprint density at radius 3 is 2.36 bits per heavy atom. The minimum Gasteiger partial charge on any atom is -0.370 e. The molecule has 0 aliphatic rings. The zero-order valence-electron chi connectivity index (χ0n) is 8.97. The van der Waals surface area contributed by atoms with Gasteiger partial charge in [-0.05, 0) is 12.8 Å². The molecule has 0 saturated carbocycles. The lowest BCUT2D eigenvalue weighted by atomic mass is 10.4. The van der Waals surface area contributed by atoms with Crippen LogP contribution in [-0.4, -0.2) is 31.5 Å². The number of nitrogens with one attached hydrogen (secondary N) is 2. The Hall–Kier alpha value is -1.26. The zero-order chi connectivity index (χ0) is 10.8. The van der Waals surface area contributed by atoms with Gasteiger partial charge in [-0.15, -0.1) is 0 Å². The Kier molecular flexibility index (Phi) is 7.59. The number of hydrogen-bond donors (Lipinski definition) is 3. The van der Waals surface area contributed by atoms with Gasteiger partial charge in [-0.3, -0.25) is 4.79 Å². The lowest BCUT2D eigenvalue weighted by molar-refractivity contribution is -0.119. The summed E-state index contributed by atoms with van der Waals surface area (Å²) in [5, 5.41) is 5.61. The van der Waals surface area contributed by atoms with E-state index in [1.807, 2.05) is 13.8 Å². The Labute approximate surface area is 85.2 Å². The molecular formula is C9H20N4O. The summed E-state index contributed by atoms with van der Waals surface area (Å²) in [5.74, 6) is 0.242. The third-order valence-corrected chi connectivity index (χ3v) is 1.52. The first-order valence-electron chi connectivity index (χ1n) is 5.01. The van der Waals surface area contributed by atoms with Crippen LogP contribution >= 0.6 is 0 Å². The highest BCUT2D eigenvalue weighted by Crippen LogP contribution is 1.75. The van der Waals surface area contributed by atoms with Crippen LogP contribution in [0.4, 0.5) is 0 Å². The highest BCUT2D eigenvalue weighted by Gasteiger charge is 1.97. The second-order valence-corrected chi connectivity index (χ2v) is 2.98. The van der Waals surface area contributed by atoms with Gasteiger partial charge in [-0.1, -0.05) is 13.8 Å². The maximum absolute atomic E-state index is 11.1. The number of rotatable bonds is 6. The van der Waals surface area contributed by atoms with Crippen LogP contribution in [0.25, 0.3) is 0 Å². The molecule has 82 valence electrons. The molecule has 5 nitrogen and oxygen atoms in total. The van der Waals surface area contributed by atoms with E-state index in [0.717, 1.165) is 19.4 Å². The summed E-state index contributed by atoms with van der Waals surface area (Å²) in [6, 6.07) is 0. The van der Waals surface area contributed by atoms with E-state index in [0.29, 0.717) is 12.5 Å². The van der Waals surface area contributed by atoms with Crippen molar-refractivity contribution in [3.05, 3.63) is 0 Å². The molecule has 5 heteroatoms. The normalized spacial score (nSPS) is 11.1. The molecule has 0 bridgehead atoms. The summed E-state index contributed by atoms with van der Waals surface area (Å²) in [7, 11) is 0. The largest absolute Gasteiger partial charge is 0.370 e. The third-order valence-electron chi connectivity index (χ3n) is 1.52. The van der Waals surface area contributed by atoms with Gasteiger partial charge in [0.05, 0.1) is 0 Å². The van der Waals surface area contributed by atoms with Crippen LogP contribution in [0.3, 0.4) is 0 Å². The van der Waals surface area contributed by atoms with Crippen LogP contribution in [0.15, 0.2) is 4.99 Å². The SMILES string of the molecule is CCCNC(=O)CN=C(N)NCCC. The lowest BCUT2D eigenvalue weighted by Crippen LogP contribution is -2.34. The summed E-state index contributed by atoms with van der Waals surface area (Å²) in [4.78, 5) is 15.0. The predicted molar refractivity (Wildman–Crippen MR) is 58.1 cm³/mol. The van der Waals surface area contributed by atoms with Crippen molar-refractivity contribution in [1.29, 1.82) is 0 Å². The van der Waals surface area contributed by atoms with Gasteiger partial charge in [0.1, 0.15) is 6.54 Å². The minimum atomic E-state index is -0.0897. The molecule has 4 N–H and O–H groups in total. The van der Waals surface area contributed by atoms with Crippen LogP contribution < -0.4 is 16.4 Å². The lowest BCUT2D eigenvalue weighted by Gasteiger charge is -2.03. The Morgan fingerprint density at radius 2 is 1.79 bits per heavy atom. The number of aliphatic imine (C=N–C) groups is 1. The second-order valence-electron chi connectivity index (χ2n) is 2.98. The molecule has 1 amide bonds. The summed E-state index contributed by atoms with van der Waals surface area (Å²) in [6.45, 7) is 5.61. The van der Waals surface area contributed by atoms with Crippen molar-refractivity contribution in [3.8, 4) is 0 Å². The Morgan fingerprint density at radius 1 is 1.21 bits per heavy atom. The van der Waals surface area contributed by atoms with E-state index >= 15 is 0 Å². The zero-order valence-corrected chi connectivity index (χ0v) is 8.97. The van der Waals surface area contributed by atoms with Crippen molar-refractivity contribution in [3.63, 3.8) is 0 Å². The van der Waals surface area contributed by atoms with E-state index in [1.165, 1.54) is 0 Å². The van der Waals surface area contributed by atoms with Crippen LogP contribution in [0.2, 0.25) is 0 Å². The number of amides is 1. The quantitative estimate of drug-likeness (QED) is 0.411. The van der Waals surface area contributed by atoms with Crippen LogP contribution in [0.1, 0.15) is 26.7 Å². The highest BCUT2D eigenvalue weighted by atomic mass is 16.1. The first kappa shape index (κ1) is 12.7. The molecule has 0 rings (SSSR count). The molecule has 0 aromatic carbocycles. The number of nitrogens with zero attached hydrogens (tertiary/aromatic N) is 1. The van der Waals surface area contributed by atoms with E-state index in [4.69, 9.17) is 5.73 Å². The first-order valence-corrected chi connectivity index (χ1v) is 5.01. The number of carbonyl (C=O) groups is 1. The average Bonchev–Trinajstić information content (AvgIpc) is 2.20. The number of nitrogens with two attached hydrogens (primary N) is 1. The third kappa shape index (κ3) is 7.39. The molecule has 0 aromatic rings. The van der Waals surface area contributed by atoms with Crippen molar-refractivity contribution < 1.29 is 4.79 Å². The van der Waals surface area contributed by atoms with Crippen LogP contribution in [0, 0.1) is 0 Å². The van der Waals surface area contributed by atoms with E-state index in [2.05, 4.69) is 15.6 Å². The summed E-state index contributed by atoms with van der Waals surface area (Å²) >= 11 is 0. The second kappa shape index (κ2) is 8.34. The first-order chi connectivity index (χ1) is 6.70. The molecule has 14 heavy (non-hydrogen) atoms. The molecule has 0 fully saturated rings. The highest BCUT2D eigenvalue weighted by molar-refractivity contribution is 5.83. The monoisotopic (exact) mass is 200 g/mol. The van der Waals surface area contributed by atoms with Gasteiger partial charge >= 0.3 is 0 Å². The van der Waals surface area contributed by atoms with Gasteiger partial charge in [0, 0.05) is 13.1 Å². The van der Waals surface area contributed by atoms with Gasteiger partial charge in [-0.2, -0.15) is 0 Å². The predicted octanol–water partition coefficient (Wildman–Crippen LogP) is -0.173. The average molecular weight is 200 g/mol. The molecule has 0 saturated heterocycles.